The van der Waals surface area contributed by atoms with Gasteiger partial charge in [0.25, 0.3) is 0 Å². The molecule has 0 aliphatic heterocycles. The highest BCUT2D eigenvalue weighted by atomic mass is 16.3. The summed E-state index contributed by atoms with van der Waals surface area (Å²) in [5, 5.41) is 15.5. The van der Waals surface area contributed by atoms with Gasteiger partial charge >= 0.3 is 0 Å². The van der Waals surface area contributed by atoms with Crippen LogP contribution in [0.3, 0.4) is 0 Å². The van der Waals surface area contributed by atoms with Crippen molar-refractivity contribution in [2.45, 2.75) is 12.6 Å². The van der Waals surface area contributed by atoms with Gasteiger partial charge in [-0.3, -0.25) is 0 Å². The maximum absolute atomic E-state index is 9.57. The van der Waals surface area contributed by atoms with Crippen molar-refractivity contribution >= 4 is 10.8 Å². The fourth-order valence-electron chi connectivity index (χ4n) is 2.56. The third kappa shape index (κ3) is 3.30. The summed E-state index contributed by atoms with van der Waals surface area (Å²) in [5.41, 5.74) is 2.34. The second kappa shape index (κ2) is 6.53. The molecule has 0 aromatic heterocycles. The highest BCUT2D eigenvalue weighted by Crippen LogP contribution is 2.17. The fraction of sp³-hybridized carbons (Fsp3) is 0.158. The lowest BCUT2D eigenvalue weighted by atomic mass is 10.1. The molecule has 0 spiro atoms. The number of rotatable bonds is 5. The minimum absolute atomic E-state index is 0.0299. The number of benzene rings is 3. The average Bonchev–Trinajstić information content (AvgIpc) is 2.56. The van der Waals surface area contributed by atoms with E-state index in [9.17, 15) is 5.11 Å². The molecule has 0 saturated carbocycles. The molecular weight excluding hydrogens is 258 g/mol. The van der Waals surface area contributed by atoms with Crippen LogP contribution in [0.25, 0.3) is 10.8 Å². The van der Waals surface area contributed by atoms with Crippen LogP contribution in [-0.2, 0) is 6.54 Å². The van der Waals surface area contributed by atoms with Gasteiger partial charge in [-0.05, 0) is 28.0 Å². The molecule has 1 unspecified atom stereocenters. The summed E-state index contributed by atoms with van der Waals surface area (Å²) < 4.78 is 0. The van der Waals surface area contributed by atoms with E-state index >= 15 is 0 Å². The van der Waals surface area contributed by atoms with E-state index in [-0.39, 0.29) is 12.6 Å². The SMILES string of the molecule is OCC(NCc1ccc2ccccc2c1)c1ccccc1. The monoisotopic (exact) mass is 277 g/mol. The number of aliphatic hydroxyl groups is 1. The van der Waals surface area contributed by atoms with Gasteiger partial charge < -0.3 is 10.4 Å². The predicted molar refractivity (Wildman–Crippen MR) is 87.1 cm³/mol. The Labute approximate surface area is 125 Å². The lowest BCUT2D eigenvalue weighted by Gasteiger charge is -2.17. The maximum atomic E-state index is 9.57. The Kier molecular flexibility index (Phi) is 4.29. The van der Waals surface area contributed by atoms with E-state index in [1.807, 2.05) is 30.3 Å². The molecule has 3 aromatic rings. The Hall–Kier alpha value is -2.16. The first kappa shape index (κ1) is 13.8. The molecule has 3 rings (SSSR count). The normalized spacial score (nSPS) is 12.4. The topological polar surface area (TPSA) is 32.3 Å². The zero-order valence-electron chi connectivity index (χ0n) is 11.9. The number of hydrogen-bond acceptors (Lipinski definition) is 2. The molecule has 0 fully saturated rings. The van der Waals surface area contributed by atoms with Gasteiger partial charge in [-0.25, -0.2) is 0 Å². The first-order valence-electron chi connectivity index (χ1n) is 7.24. The summed E-state index contributed by atoms with van der Waals surface area (Å²) in [6.07, 6.45) is 0. The maximum Gasteiger partial charge on any atom is 0.0626 e. The van der Waals surface area contributed by atoms with Crippen LogP contribution >= 0.6 is 0 Å². The van der Waals surface area contributed by atoms with Crippen molar-refractivity contribution in [3.8, 4) is 0 Å². The van der Waals surface area contributed by atoms with E-state index in [0.29, 0.717) is 0 Å². The van der Waals surface area contributed by atoms with Crippen molar-refractivity contribution in [2.75, 3.05) is 6.61 Å². The number of fused-ring (bicyclic) bond motifs is 1. The molecule has 0 aliphatic rings. The van der Waals surface area contributed by atoms with Crippen LogP contribution in [-0.4, -0.2) is 11.7 Å². The number of aliphatic hydroxyl groups excluding tert-OH is 1. The average molecular weight is 277 g/mol. The van der Waals surface area contributed by atoms with Gasteiger partial charge in [0.2, 0.25) is 0 Å². The van der Waals surface area contributed by atoms with Crippen LogP contribution < -0.4 is 5.32 Å². The van der Waals surface area contributed by atoms with Crippen LogP contribution in [0.5, 0.6) is 0 Å². The summed E-state index contributed by atoms with van der Waals surface area (Å²) in [5.74, 6) is 0. The van der Waals surface area contributed by atoms with E-state index < -0.39 is 0 Å². The molecule has 106 valence electrons. The van der Waals surface area contributed by atoms with Crippen LogP contribution in [0.1, 0.15) is 17.2 Å². The number of hydrogen-bond donors (Lipinski definition) is 2. The molecule has 2 N–H and O–H groups in total. The molecule has 21 heavy (non-hydrogen) atoms. The van der Waals surface area contributed by atoms with Crippen molar-refractivity contribution in [3.63, 3.8) is 0 Å². The highest BCUT2D eigenvalue weighted by Gasteiger charge is 2.08. The lowest BCUT2D eigenvalue weighted by Crippen LogP contribution is -2.23. The summed E-state index contributed by atoms with van der Waals surface area (Å²) in [6.45, 7) is 0.836. The molecule has 0 radical (unpaired) electrons. The van der Waals surface area contributed by atoms with Crippen LogP contribution in [0, 0.1) is 0 Å². The van der Waals surface area contributed by atoms with Gasteiger partial charge in [0.15, 0.2) is 0 Å². The summed E-state index contributed by atoms with van der Waals surface area (Å²) >= 11 is 0. The van der Waals surface area contributed by atoms with E-state index in [2.05, 4.69) is 47.8 Å². The zero-order valence-corrected chi connectivity index (χ0v) is 11.9. The molecular formula is C19H19NO. The quantitative estimate of drug-likeness (QED) is 0.746. The predicted octanol–water partition coefficient (Wildman–Crippen LogP) is 3.66. The third-order valence-electron chi connectivity index (χ3n) is 3.75. The van der Waals surface area contributed by atoms with Gasteiger partial charge in [-0.2, -0.15) is 0 Å². The third-order valence-corrected chi connectivity index (χ3v) is 3.75. The molecule has 2 nitrogen and oxygen atoms in total. The van der Waals surface area contributed by atoms with Crippen molar-refractivity contribution in [2.24, 2.45) is 0 Å². The van der Waals surface area contributed by atoms with Crippen LogP contribution in [0.2, 0.25) is 0 Å². The minimum Gasteiger partial charge on any atom is -0.394 e. The van der Waals surface area contributed by atoms with Crippen molar-refractivity contribution in [3.05, 3.63) is 83.9 Å². The molecule has 0 saturated heterocycles. The number of nitrogens with one attached hydrogen (secondary N) is 1. The summed E-state index contributed by atoms with van der Waals surface area (Å²) in [7, 11) is 0. The van der Waals surface area contributed by atoms with Gasteiger partial charge in [0.05, 0.1) is 12.6 Å². The Morgan fingerprint density at radius 2 is 1.52 bits per heavy atom. The smallest absolute Gasteiger partial charge is 0.0626 e. The van der Waals surface area contributed by atoms with Gasteiger partial charge in [-0.1, -0.05) is 66.7 Å². The Bertz CT molecular complexity index is 709. The molecule has 0 bridgehead atoms. The minimum atomic E-state index is -0.0299. The molecule has 2 heteroatoms. The molecule has 0 heterocycles. The molecule has 3 aromatic carbocycles. The Morgan fingerprint density at radius 1 is 0.810 bits per heavy atom. The molecule has 1 atom stereocenters. The second-order valence-electron chi connectivity index (χ2n) is 5.21. The zero-order chi connectivity index (χ0) is 14.5. The van der Waals surface area contributed by atoms with Gasteiger partial charge in [0, 0.05) is 6.54 Å². The van der Waals surface area contributed by atoms with E-state index in [1.54, 1.807) is 0 Å². The van der Waals surface area contributed by atoms with Crippen LogP contribution in [0.15, 0.2) is 72.8 Å². The molecule has 0 aliphatic carbocycles. The largest absolute Gasteiger partial charge is 0.394 e. The lowest BCUT2D eigenvalue weighted by molar-refractivity contribution is 0.243. The highest BCUT2D eigenvalue weighted by molar-refractivity contribution is 5.82. The fourth-order valence-corrected chi connectivity index (χ4v) is 2.56. The van der Waals surface area contributed by atoms with E-state index in [0.717, 1.165) is 12.1 Å². The van der Waals surface area contributed by atoms with Crippen LogP contribution in [0.4, 0.5) is 0 Å². The van der Waals surface area contributed by atoms with Gasteiger partial charge in [0.1, 0.15) is 0 Å². The second-order valence-corrected chi connectivity index (χ2v) is 5.21. The summed E-state index contributed by atoms with van der Waals surface area (Å²) in [4.78, 5) is 0. The Morgan fingerprint density at radius 3 is 2.29 bits per heavy atom. The van der Waals surface area contributed by atoms with Gasteiger partial charge in [-0.15, -0.1) is 0 Å². The van der Waals surface area contributed by atoms with E-state index in [1.165, 1.54) is 16.3 Å². The molecule has 0 amide bonds. The van der Waals surface area contributed by atoms with Crippen molar-refractivity contribution in [1.29, 1.82) is 0 Å². The summed E-state index contributed by atoms with van der Waals surface area (Å²) in [6, 6.07) is 24.8. The van der Waals surface area contributed by atoms with Crippen molar-refractivity contribution < 1.29 is 5.11 Å². The first-order chi connectivity index (χ1) is 10.4. The Balaban J connectivity index is 1.73. The first-order valence-corrected chi connectivity index (χ1v) is 7.24. The van der Waals surface area contributed by atoms with Crippen molar-refractivity contribution in [1.82, 2.24) is 5.32 Å². The van der Waals surface area contributed by atoms with E-state index in [4.69, 9.17) is 0 Å². The standard InChI is InChI=1S/C19H19NO/c21-14-19(17-7-2-1-3-8-17)20-13-15-10-11-16-6-4-5-9-18(16)12-15/h1-12,19-21H,13-14H2.